The van der Waals surface area contributed by atoms with Crippen LogP contribution < -0.4 is 10.2 Å². The van der Waals surface area contributed by atoms with Crippen LogP contribution in [0.4, 0.5) is 5.69 Å². The lowest BCUT2D eigenvalue weighted by Crippen LogP contribution is -2.30. The summed E-state index contributed by atoms with van der Waals surface area (Å²) in [5, 5.41) is 2.84. The van der Waals surface area contributed by atoms with Crippen LogP contribution in [0.25, 0.3) is 0 Å². The Bertz CT molecular complexity index is 986. The lowest BCUT2D eigenvalue weighted by atomic mass is 10.2. The molecule has 3 aromatic rings. The van der Waals surface area contributed by atoms with Crippen LogP contribution in [0.3, 0.4) is 0 Å². The highest BCUT2D eigenvalue weighted by Gasteiger charge is 2.26. The minimum Gasteiger partial charge on any atom is -0.347 e. The van der Waals surface area contributed by atoms with Crippen molar-refractivity contribution in [2.24, 2.45) is 0 Å². The number of carbonyl (C=O) groups excluding carboxylic acids is 2. The molecule has 1 aliphatic rings. The highest BCUT2D eigenvalue weighted by molar-refractivity contribution is 6.06. The molecule has 0 bridgehead atoms. The molecule has 2 amide bonds. The van der Waals surface area contributed by atoms with E-state index in [1.54, 1.807) is 23.1 Å². The summed E-state index contributed by atoms with van der Waals surface area (Å²) in [5.41, 5.74) is 3.60. The third-order valence-corrected chi connectivity index (χ3v) is 4.63. The van der Waals surface area contributed by atoms with Crippen molar-refractivity contribution in [3.63, 3.8) is 0 Å². The summed E-state index contributed by atoms with van der Waals surface area (Å²) in [7, 11) is 0. The van der Waals surface area contributed by atoms with Gasteiger partial charge in [-0.25, -0.2) is 4.98 Å². The topological polar surface area (TPSA) is 62.3 Å². The number of carbonyl (C=O) groups is 2. The van der Waals surface area contributed by atoms with Crippen LogP contribution >= 0.6 is 0 Å². The Morgan fingerprint density at radius 3 is 2.48 bits per heavy atom. The normalized spacial score (nSPS) is 12.5. The molecule has 4 rings (SSSR count). The molecule has 1 N–H and O–H groups in total. The van der Waals surface area contributed by atoms with Crippen LogP contribution in [0, 0.1) is 0 Å². The van der Waals surface area contributed by atoms with Gasteiger partial charge in [0.1, 0.15) is 11.4 Å². The Kier molecular flexibility index (Phi) is 4.66. The fourth-order valence-electron chi connectivity index (χ4n) is 3.24. The summed E-state index contributed by atoms with van der Waals surface area (Å²) < 4.78 is 0. The Labute approximate surface area is 157 Å². The molecule has 0 radical (unpaired) electrons. The summed E-state index contributed by atoms with van der Waals surface area (Å²) in [6.45, 7) is 1.04. The van der Waals surface area contributed by atoms with Gasteiger partial charge in [0.05, 0.1) is 0 Å². The highest BCUT2D eigenvalue weighted by Crippen LogP contribution is 2.28. The van der Waals surface area contributed by atoms with Gasteiger partial charge in [-0.3, -0.25) is 9.59 Å². The Morgan fingerprint density at radius 2 is 1.63 bits per heavy atom. The molecule has 0 atom stereocenters. The number of fused-ring (bicyclic) bond motifs is 1. The lowest BCUT2D eigenvalue weighted by molar-refractivity contribution is 0.0945. The summed E-state index contributed by atoms with van der Waals surface area (Å²) in [4.78, 5) is 31.3. The number of hydrogen-bond donors (Lipinski definition) is 1. The van der Waals surface area contributed by atoms with Crippen LogP contribution in [0.15, 0.2) is 72.8 Å². The largest absolute Gasteiger partial charge is 0.347 e. The first-order valence-corrected chi connectivity index (χ1v) is 8.91. The maximum absolute atomic E-state index is 12.9. The van der Waals surface area contributed by atoms with E-state index < -0.39 is 0 Å². The van der Waals surface area contributed by atoms with E-state index in [1.807, 2.05) is 54.6 Å². The van der Waals surface area contributed by atoms with Crippen LogP contribution in [-0.2, 0) is 13.0 Å². The zero-order chi connectivity index (χ0) is 18.6. The standard InChI is InChI=1S/C22H19N3O2/c26-21(23-15-16-7-2-1-3-8-16)18-10-6-11-19(24-18)22(27)25-14-13-17-9-4-5-12-20(17)25/h1-12H,13-15H2,(H,23,26). The second kappa shape index (κ2) is 7.41. The molecule has 0 spiro atoms. The number of para-hydroxylation sites is 1. The molecule has 0 saturated carbocycles. The van der Waals surface area contributed by atoms with E-state index in [0.29, 0.717) is 13.1 Å². The van der Waals surface area contributed by atoms with Crippen molar-refractivity contribution in [1.82, 2.24) is 10.3 Å². The molecule has 0 fully saturated rings. The van der Waals surface area contributed by atoms with Crippen molar-refractivity contribution in [1.29, 1.82) is 0 Å². The second-order valence-corrected chi connectivity index (χ2v) is 6.41. The van der Waals surface area contributed by atoms with E-state index in [-0.39, 0.29) is 23.2 Å². The fourth-order valence-corrected chi connectivity index (χ4v) is 3.24. The number of anilines is 1. The van der Waals surface area contributed by atoms with E-state index >= 15 is 0 Å². The summed E-state index contributed by atoms with van der Waals surface area (Å²) >= 11 is 0. The minimum absolute atomic E-state index is 0.183. The molecule has 2 aromatic carbocycles. The van der Waals surface area contributed by atoms with Crippen LogP contribution in [0.2, 0.25) is 0 Å². The van der Waals surface area contributed by atoms with Crippen molar-refractivity contribution in [3.8, 4) is 0 Å². The van der Waals surface area contributed by atoms with Crippen molar-refractivity contribution >= 4 is 17.5 Å². The number of rotatable bonds is 4. The second-order valence-electron chi connectivity index (χ2n) is 6.41. The van der Waals surface area contributed by atoms with Gasteiger partial charge in [0.15, 0.2) is 0 Å². The summed E-state index contributed by atoms with van der Waals surface area (Å²) in [5.74, 6) is -0.479. The monoisotopic (exact) mass is 357 g/mol. The van der Waals surface area contributed by atoms with E-state index in [2.05, 4.69) is 10.3 Å². The average Bonchev–Trinajstić information content (AvgIpc) is 3.16. The van der Waals surface area contributed by atoms with E-state index in [1.165, 1.54) is 0 Å². The molecule has 1 aliphatic heterocycles. The Morgan fingerprint density at radius 1 is 0.889 bits per heavy atom. The summed E-state index contributed by atoms with van der Waals surface area (Å²) in [6, 6.07) is 22.5. The van der Waals surface area contributed by atoms with Gasteiger partial charge in [-0.2, -0.15) is 0 Å². The fraction of sp³-hybridized carbons (Fsp3) is 0.136. The van der Waals surface area contributed by atoms with Crippen molar-refractivity contribution < 1.29 is 9.59 Å². The number of aromatic nitrogens is 1. The molecule has 5 nitrogen and oxygen atoms in total. The van der Waals surface area contributed by atoms with Gasteiger partial charge in [0.2, 0.25) is 0 Å². The molecule has 0 unspecified atom stereocenters. The van der Waals surface area contributed by atoms with Gasteiger partial charge in [-0.1, -0.05) is 54.6 Å². The smallest absolute Gasteiger partial charge is 0.276 e. The van der Waals surface area contributed by atoms with Gasteiger partial charge < -0.3 is 10.2 Å². The first kappa shape index (κ1) is 17.0. The van der Waals surface area contributed by atoms with Gasteiger partial charge in [0.25, 0.3) is 11.8 Å². The highest BCUT2D eigenvalue weighted by atomic mass is 16.2. The molecular formula is C22H19N3O2. The predicted molar refractivity (Wildman–Crippen MR) is 104 cm³/mol. The number of pyridine rings is 1. The average molecular weight is 357 g/mol. The van der Waals surface area contributed by atoms with Crippen LogP contribution in [0.5, 0.6) is 0 Å². The first-order valence-electron chi connectivity index (χ1n) is 8.91. The van der Waals surface area contributed by atoms with E-state index in [9.17, 15) is 9.59 Å². The van der Waals surface area contributed by atoms with Gasteiger partial charge in [0, 0.05) is 18.8 Å². The van der Waals surface area contributed by atoms with Gasteiger partial charge in [-0.15, -0.1) is 0 Å². The molecule has 1 aromatic heterocycles. The zero-order valence-electron chi connectivity index (χ0n) is 14.8. The number of nitrogens with zero attached hydrogens (tertiary/aromatic N) is 2. The van der Waals surface area contributed by atoms with E-state index in [4.69, 9.17) is 0 Å². The SMILES string of the molecule is O=C(NCc1ccccc1)c1cccc(C(=O)N2CCc3ccccc32)n1. The molecule has 134 valence electrons. The van der Waals surface area contributed by atoms with Crippen molar-refractivity contribution in [3.05, 3.63) is 95.3 Å². The van der Waals surface area contributed by atoms with E-state index in [0.717, 1.165) is 23.2 Å². The van der Waals surface area contributed by atoms with Gasteiger partial charge >= 0.3 is 0 Å². The third kappa shape index (κ3) is 3.58. The molecule has 27 heavy (non-hydrogen) atoms. The number of hydrogen-bond acceptors (Lipinski definition) is 3. The maximum Gasteiger partial charge on any atom is 0.276 e. The molecule has 5 heteroatoms. The number of benzene rings is 2. The Balaban J connectivity index is 1.49. The van der Waals surface area contributed by atoms with Gasteiger partial charge in [-0.05, 0) is 35.7 Å². The molecule has 2 heterocycles. The number of nitrogens with one attached hydrogen (secondary N) is 1. The zero-order valence-corrected chi connectivity index (χ0v) is 14.8. The minimum atomic E-state index is -0.296. The lowest BCUT2D eigenvalue weighted by Gasteiger charge is -2.17. The van der Waals surface area contributed by atoms with Crippen LogP contribution in [0.1, 0.15) is 32.1 Å². The van der Waals surface area contributed by atoms with Crippen molar-refractivity contribution in [2.75, 3.05) is 11.4 Å². The maximum atomic E-state index is 12.9. The predicted octanol–water partition coefficient (Wildman–Crippen LogP) is 3.21. The summed E-state index contributed by atoms with van der Waals surface area (Å²) in [6.07, 6.45) is 0.833. The first-order chi connectivity index (χ1) is 13.2. The molecule has 0 saturated heterocycles. The molecular weight excluding hydrogens is 338 g/mol. The molecule has 0 aliphatic carbocycles. The quantitative estimate of drug-likeness (QED) is 0.780. The third-order valence-electron chi connectivity index (χ3n) is 4.63. The van der Waals surface area contributed by atoms with Crippen molar-refractivity contribution in [2.45, 2.75) is 13.0 Å². The Hall–Kier alpha value is -3.47. The number of amides is 2. The van der Waals surface area contributed by atoms with Crippen LogP contribution in [-0.4, -0.2) is 23.3 Å².